The van der Waals surface area contributed by atoms with E-state index in [-0.39, 0.29) is 11.8 Å². The first-order valence-electron chi connectivity index (χ1n) is 7.71. The van der Waals surface area contributed by atoms with Crippen LogP contribution >= 0.6 is 0 Å². The van der Waals surface area contributed by atoms with Crippen LogP contribution in [0.4, 0.5) is 5.69 Å². The summed E-state index contributed by atoms with van der Waals surface area (Å²) in [5.41, 5.74) is 2.67. The number of benzene rings is 1. The highest BCUT2D eigenvalue weighted by atomic mass is 16.2. The van der Waals surface area contributed by atoms with E-state index < -0.39 is 0 Å². The average molecular weight is 332 g/mol. The third-order valence-corrected chi connectivity index (χ3v) is 3.53. The van der Waals surface area contributed by atoms with Crippen LogP contribution in [0.2, 0.25) is 0 Å². The topological polar surface area (TPSA) is 84.0 Å². The highest BCUT2D eigenvalue weighted by Crippen LogP contribution is 2.11. The smallest absolute Gasteiger partial charge is 0.257 e. The van der Waals surface area contributed by atoms with Crippen LogP contribution in [-0.4, -0.2) is 21.8 Å². The van der Waals surface area contributed by atoms with Gasteiger partial charge in [0.2, 0.25) is 0 Å². The van der Waals surface area contributed by atoms with Crippen molar-refractivity contribution in [2.45, 2.75) is 6.54 Å². The van der Waals surface area contributed by atoms with Crippen LogP contribution in [0.1, 0.15) is 26.3 Å². The first kappa shape index (κ1) is 16.3. The van der Waals surface area contributed by atoms with E-state index in [1.807, 2.05) is 12.1 Å². The van der Waals surface area contributed by atoms with E-state index in [1.54, 1.807) is 55.0 Å². The quantitative estimate of drug-likeness (QED) is 0.752. The summed E-state index contributed by atoms with van der Waals surface area (Å²) in [6.45, 7) is 0.401. The molecule has 3 aromatic rings. The summed E-state index contributed by atoms with van der Waals surface area (Å²) < 4.78 is 0. The Kier molecular flexibility index (Phi) is 5.11. The third-order valence-electron chi connectivity index (χ3n) is 3.53. The zero-order valence-electron chi connectivity index (χ0n) is 13.3. The predicted octanol–water partition coefficient (Wildman–Crippen LogP) is 2.66. The molecule has 0 unspecified atom stereocenters. The number of carbonyl (C=O) groups is 2. The lowest BCUT2D eigenvalue weighted by Gasteiger charge is -2.08. The molecule has 0 aliphatic heterocycles. The fourth-order valence-corrected chi connectivity index (χ4v) is 2.19. The number of aromatic nitrogens is 2. The van der Waals surface area contributed by atoms with Gasteiger partial charge in [0.1, 0.15) is 0 Å². The Morgan fingerprint density at radius 3 is 2.24 bits per heavy atom. The minimum atomic E-state index is -0.216. The maximum atomic E-state index is 12.1. The number of pyridine rings is 2. The standard InChI is InChI=1S/C19H16N4O2/c24-18(15-7-10-20-11-8-15)22-12-14-3-5-17(6-4-14)23-19(25)16-2-1-9-21-13-16/h1-11,13H,12H2,(H,22,24)(H,23,25). The summed E-state index contributed by atoms with van der Waals surface area (Å²) >= 11 is 0. The molecule has 0 saturated heterocycles. The van der Waals surface area contributed by atoms with Crippen LogP contribution in [0.3, 0.4) is 0 Å². The van der Waals surface area contributed by atoms with Crippen molar-refractivity contribution in [2.75, 3.05) is 5.32 Å². The van der Waals surface area contributed by atoms with Crippen molar-refractivity contribution in [3.8, 4) is 0 Å². The molecule has 3 rings (SSSR count). The van der Waals surface area contributed by atoms with E-state index in [1.165, 1.54) is 6.20 Å². The molecular weight excluding hydrogens is 316 g/mol. The molecule has 2 aromatic heterocycles. The molecule has 2 heterocycles. The summed E-state index contributed by atoms with van der Waals surface area (Å²) in [5.74, 6) is -0.372. The molecule has 0 fully saturated rings. The molecule has 6 heteroatoms. The van der Waals surface area contributed by atoms with Crippen molar-refractivity contribution in [1.29, 1.82) is 0 Å². The molecule has 2 amide bonds. The van der Waals surface area contributed by atoms with E-state index in [2.05, 4.69) is 20.6 Å². The number of hydrogen-bond acceptors (Lipinski definition) is 4. The minimum Gasteiger partial charge on any atom is -0.348 e. The first-order chi connectivity index (χ1) is 12.2. The number of hydrogen-bond donors (Lipinski definition) is 2. The van der Waals surface area contributed by atoms with Gasteiger partial charge in [-0.15, -0.1) is 0 Å². The fraction of sp³-hybridized carbons (Fsp3) is 0.0526. The van der Waals surface area contributed by atoms with Gasteiger partial charge >= 0.3 is 0 Å². The molecule has 0 spiro atoms. The molecule has 0 atom stereocenters. The van der Waals surface area contributed by atoms with Gasteiger partial charge in [0.15, 0.2) is 0 Å². The van der Waals surface area contributed by atoms with Crippen molar-refractivity contribution >= 4 is 17.5 Å². The Hall–Kier alpha value is -3.54. The molecule has 6 nitrogen and oxygen atoms in total. The van der Waals surface area contributed by atoms with Crippen molar-refractivity contribution in [2.24, 2.45) is 0 Å². The summed E-state index contributed by atoms with van der Waals surface area (Å²) in [4.78, 5) is 31.8. The van der Waals surface area contributed by atoms with Gasteiger partial charge in [0, 0.05) is 42.6 Å². The number of carbonyl (C=O) groups excluding carboxylic acids is 2. The molecular formula is C19H16N4O2. The molecule has 0 radical (unpaired) electrons. The van der Waals surface area contributed by atoms with Crippen molar-refractivity contribution < 1.29 is 9.59 Å². The van der Waals surface area contributed by atoms with Gasteiger partial charge in [0.05, 0.1) is 5.56 Å². The predicted molar refractivity (Wildman–Crippen MR) is 94.0 cm³/mol. The van der Waals surface area contributed by atoms with Crippen LogP contribution < -0.4 is 10.6 Å². The zero-order valence-corrected chi connectivity index (χ0v) is 13.3. The lowest BCUT2D eigenvalue weighted by atomic mass is 10.2. The number of anilines is 1. The Balaban J connectivity index is 1.55. The highest BCUT2D eigenvalue weighted by molar-refractivity contribution is 6.04. The van der Waals surface area contributed by atoms with Crippen LogP contribution in [0, 0.1) is 0 Å². The lowest BCUT2D eigenvalue weighted by Crippen LogP contribution is -2.22. The monoisotopic (exact) mass is 332 g/mol. The second-order valence-electron chi connectivity index (χ2n) is 5.31. The van der Waals surface area contributed by atoms with E-state index in [0.29, 0.717) is 23.4 Å². The highest BCUT2D eigenvalue weighted by Gasteiger charge is 2.07. The number of nitrogens with one attached hydrogen (secondary N) is 2. The molecule has 124 valence electrons. The Morgan fingerprint density at radius 2 is 1.56 bits per heavy atom. The maximum Gasteiger partial charge on any atom is 0.257 e. The molecule has 25 heavy (non-hydrogen) atoms. The lowest BCUT2D eigenvalue weighted by molar-refractivity contribution is 0.0950. The van der Waals surface area contributed by atoms with Gasteiger partial charge in [-0.05, 0) is 42.0 Å². The van der Waals surface area contributed by atoms with E-state index in [0.717, 1.165) is 5.56 Å². The second kappa shape index (κ2) is 7.83. The SMILES string of the molecule is O=C(NCc1ccc(NC(=O)c2cccnc2)cc1)c1ccncc1. The molecule has 0 bridgehead atoms. The van der Waals surface area contributed by atoms with Gasteiger partial charge in [-0.3, -0.25) is 19.6 Å². The molecule has 0 aliphatic rings. The van der Waals surface area contributed by atoms with Crippen LogP contribution in [0.25, 0.3) is 0 Å². The Morgan fingerprint density at radius 1 is 0.800 bits per heavy atom. The van der Waals surface area contributed by atoms with Crippen LogP contribution in [-0.2, 0) is 6.54 Å². The van der Waals surface area contributed by atoms with Gasteiger partial charge in [-0.25, -0.2) is 0 Å². The fourth-order valence-electron chi connectivity index (χ4n) is 2.19. The van der Waals surface area contributed by atoms with Crippen molar-refractivity contribution in [1.82, 2.24) is 15.3 Å². The average Bonchev–Trinajstić information content (AvgIpc) is 2.68. The normalized spacial score (nSPS) is 10.1. The summed E-state index contributed by atoms with van der Waals surface area (Å²) in [6.07, 6.45) is 6.29. The number of nitrogens with zero attached hydrogens (tertiary/aromatic N) is 2. The van der Waals surface area contributed by atoms with Gasteiger partial charge in [-0.1, -0.05) is 12.1 Å². The second-order valence-corrected chi connectivity index (χ2v) is 5.31. The van der Waals surface area contributed by atoms with Crippen molar-refractivity contribution in [3.05, 3.63) is 90.0 Å². The van der Waals surface area contributed by atoms with Gasteiger partial charge in [0.25, 0.3) is 11.8 Å². The van der Waals surface area contributed by atoms with Gasteiger partial charge in [-0.2, -0.15) is 0 Å². The first-order valence-corrected chi connectivity index (χ1v) is 7.71. The summed E-state index contributed by atoms with van der Waals surface area (Å²) in [6, 6.07) is 14.0. The Bertz CT molecular complexity index is 850. The third kappa shape index (κ3) is 4.48. The van der Waals surface area contributed by atoms with E-state index >= 15 is 0 Å². The van der Waals surface area contributed by atoms with Crippen LogP contribution in [0.15, 0.2) is 73.3 Å². The summed E-state index contributed by atoms with van der Waals surface area (Å²) in [5, 5.41) is 5.64. The van der Waals surface area contributed by atoms with Crippen LogP contribution in [0.5, 0.6) is 0 Å². The number of amides is 2. The van der Waals surface area contributed by atoms with E-state index in [9.17, 15) is 9.59 Å². The molecule has 1 aromatic carbocycles. The Labute approximate surface area is 145 Å². The maximum absolute atomic E-state index is 12.1. The largest absolute Gasteiger partial charge is 0.348 e. The summed E-state index contributed by atoms with van der Waals surface area (Å²) in [7, 11) is 0. The number of rotatable bonds is 5. The zero-order chi connectivity index (χ0) is 17.5. The molecule has 2 N–H and O–H groups in total. The minimum absolute atomic E-state index is 0.156. The molecule has 0 aliphatic carbocycles. The molecule has 0 saturated carbocycles. The van der Waals surface area contributed by atoms with Gasteiger partial charge < -0.3 is 10.6 Å². The van der Waals surface area contributed by atoms with Crippen molar-refractivity contribution in [3.63, 3.8) is 0 Å². The van der Waals surface area contributed by atoms with E-state index in [4.69, 9.17) is 0 Å².